The molecule has 5 nitrogen and oxygen atoms in total. The normalized spacial score (nSPS) is 10.2. The number of aromatic nitrogens is 3. The van der Waals surface area contributed by atoms with E-state index in [1.165, 1.54) is 23.3 Å². The molecule has 0 fully saturated rings. The van der Waals surface area contributed by atoms with Gasteiger partial charge in [0.2, 0.25) is 0 Å². The molecule has 2 rings (SSSR count). The van der Waals surface area contributed by atoms with Crippen LogP contribution in [0.1, 0.15) is 10.4 Å². The highest BCUT2D eigenvalue weighted by molar-refractivity contribution is 6.30. The standard InChI is InChI=1S/C9H6ClN3O2/c10-7-1-2-11-8(3-7)13-5-6(4-12-13)9(14)15/h1-5H,(H,14,15). The van der Waals surface area contributed by atoms with Gasteiger partial charge in [0, 0.05) is 23.5 Å². The number of carboxylic acid groups (broad SMARTS) is 1. The lowest BCUT2D eigenvalue weighted by Gasteiger charge is -1.98. The van der Waals surface area contributed by atoms with Crippen LogP contribution in [0, 0.1) is 0 Å². The Bertz CT molecular complexity index is 510. The van der Waals surface area contributed by atoms with Gasteiger partial charge in [-0.05, 0) is 6.07 Å². The van der Waals surface area contributed by atoms with Crippen LogP contribution in [0.2, 0.25) is 5.02 Å². The number of carbonyl (C=O) groups is 1. The minimum atomic E-state index is -1.02. The first-order valence-electron chi connectivity index (χ1n) is 4.07. The molecule has 0 aliphatic rings. The van der Waals surface area contributed by atoms with Crippen LogP contribution in [-0.4, -0.2) is 25.8 Å². The first-order valence-corrected chi connectivity index (χ1v) is 4.44. The molecule has 76 valence electrons. The van der Waals surface area contributed by atoms with Crippen molar-refractivity contribution in [3.8, 4) is 5.82 Å². The van der Waals surface area contributed by atoms with Gasteiger partial charge in [0.1, 0.15) is 0 Å². The summed E-state index contributed by atoms with van der Waals surface area (Å²) >= 11 is 5.77. The summed E-state index contributed by atoms with van der Waals surface area (Å²) in [5, 5.41) is 13.1. The molecule has 0 aliphatic carbocycles. The Morgan fingerprint density at radius 1 is 1.53 bits per heavy atom. The van der Waals surface area contributed by atoms with Crippen molar-refractivity contribution in [2.24, 2.45) is 0 Å². The van der Waals surface area contributed by atoms with Crippen LogP contribution in [0.4, 0.5) is 0 Å². The van der Waals surface area contributed by atoms with E-state index in [4.69, 9.17) is 16.7 Å². The summed E-state index contributed by atoms with van der Waals surface area (Å²) in [6, 6.07) is 3.23. The smallest absolute Gasteiger partial charge is 0.338 e. The number of pyridine rings is 1. The second-order valence-electron chi connectivity index (χ2n) is 2.81. The lowest BCUT2D eigenvalue weighted by Crippen LogP contribution is -1.97. The van der Waals surface area contributed by atoms with Gasteiger partial charge in [0.25, 0.3) is 0 Å². The summed E-state index contributed by atoms with van der Waals surface area (Å²) in [4.78, 5) is 14.6. The average Bonchev–Trinajstić information content (AvgIpc) is 2.66. The van der Waals surface area contributed by atoms with E-state index in [0.29, 0.717) is 10.8 Å². The highest BCUT2D eigenvalue weighted by Gasteiger charge is 2.07. The summed E-state index contributed by atoms with van der Waals surface area (Å²) in [6.07, 6.45) is 4.16. The topological polar surface area (TPSA) is 68.0 Å². The van der Waals surface area contributed by atoms with Gasteiger partial charge in [-0.15, -0.1) is 0 Å². The second-order valence-corrected chi connectivity index (χ2v) is 3.25. The van der Waals surface area contributed by atoms with E-state index in [-0.39, 0.29) is 5.56 Å². The summed E-state index contributed by atoms with van der Waals surface area (Å²) in [6.45, 7) is 0. The molecule has 2 heterocycles. The van der Waals surface area contributed by atoms with Crippen molar-refractivity contribution in [1.29, 1.82) is 0 Å². The van der Waals surface area contributed by atoms with Gasteiger partial charge >= 0.3 is 5.97 Å². The van der Waals surface area contributed by atoms with Gasteiger partial charge in [-0.25, -0.2) is 14.5 Å². The van der Waals surface area contributed by atoms with E-state index in [1.807, 2.05) is 0 Å². The molecule has 0 spiro atoms. The molecule has 2 aromatic heterocycles. The number of carboxylic acids is 1. The van der Waals surface area contributed by atoms with Crippen LogP contribution in [0.3, 0.4) is 0 Å². The molecule has 0 aromatic carbocycles. The molecular formula is C9H6ClN3O2. The van der Waals surface area contributed by atoms with Crippen molar-refractivity contribution in [1.82, 2.24) is 14.8 Å². The number of hydrogen-bond acceptors (Lipinski definition) is 3. The molecule has 0 amide bonds. The largest absolute Gasteiger partial charge is 0.478 e. The molecule has 0 unspecified atom stereocenters. The second kappa shape index (κ2) is 3.70. The molecule has 0 aliphatic heterocycles. The Kier molecular flexibility index (Phi) is 2.39. The molecule has 0 radical (unpaired) electrons. The van der Waals surface area contributed by atoms with Crippen LogP contribution < -0.4 is 0 Å². The SMILES string of the molecule is O=C(O)c1cnn(-c2cc(Cl)ccn2)c1. The minimum absolute atomic E-state index is 0.108. The predicted octanol–water partition coefficient (Wildman–Crippen LogP) is 1.62. The van der Waals surface area contributed by atoms with Crippen LogP contribution in [0.15, 0.2) is 30.7 Å². The van der Waals surface area contributed by atoms with Crippen molar-refractivity contribution >= 4 is 17.6 Å². The molecule has 6 heteroatoms. The molecule has 0 atom stereocenters. The Labute approximate surface area is 89.9 Å². The highest BCUT2D eigenvalue weighted by atomic mass is 35.5. The van der Waals surface area contributed by atoms with Gasteiger partial charge in [-0.3, -0.25) is 0 Å². The maximum Gasteiger partial charge on any atom is 0.338 e. The van der Waals surface area contributed by atoms with Crippen molar-refractivity contribution in [3.05, 3.63) is 41.3 Å². The third kappa shape index (κ3) is 1.97. The maximum atomic E-state index is 10.6. The number of aromatic carboxylic acids is 1. The van der Waals surface area contributed by atoms with E-state index in [9.17, 15) is 4.79 Å². The molecule has 15 heavy (non-hydrogen) atoms. The number of nitrogens with zero attached hydrogens (tertiary/aromatic N) is 3. The number of hydrogen-bond donors (Lipinski definition) is 1. The van der Waals surface area contributed by atoms with Gasteiger partial charge in [-0.1, -0.05) is 11.6 Å². The summed E-state index contributed by atoms with van der Waals surface area (Å²) in [5.41, 5.74) is 0.108. The maximum absolute atomic E-state index is 10.6. The van der Waals surface area contributed by atoms with E-state index >= 15 is 0 Å². The average molecular weight is 224 g/mol. The predicted molar refractivity (Wildman–Crippen MR) is 53.3 cm³/mol. The van der Waals surface area contributed by atoms with Gasteiger partial charge < -0.3 is 5.11 Å². The molecule has 0 saturated heterocycles. The zero-order chi connectivity index (χ0) is 10.8. The monoisotopic (exact) mass is 223 g/mol. The van der Waals surface area contributed by atoms with Crippen LogP contribution in [-0.2, 0) is 0 Å². The summed E-state index contributed by atoms with van der Waals surface area (Å²) < 4.78 is 1.36. The van der Waals surface area contributed by atoms with Crippen LogP contribution >= 0.6 is 11.6 Å². The minimum Gasteiger partial charge on any atom is -0.478 e. The fourth-order valence-electron chi connectivity index (χ4n) is 1.08. The number of rotatable bonds is 2. The van der Waals surface area contributed by atoms with Gasteiger partial charge in [0.15, 0.2) is 5.82 Å². The zero-order valence-corrected chi connectivity index (χ0v) is 8.22. The first-order chi connectivity index (χ1) is 7.16. The van der Waals surface area contributed by atoms with E-state index in [0.717, 1.165) is 0 Å². The van der Waals surface area contributed by atoms with Gasteiger partial charge in [0.05, 0.1) is 11.8 Å². The Balaban J connectivity index is 2.41. The highest BCUT2D eigenvalue weighted by Crippen LogP contribution is 2.11. The van der Waals surface area contributed by atoms with E-state index in [2.05, 4.69) is 10.1 Å². The van der Waals surface area contributed by atoms with E-state index < -0.39 is 5.97 Å². The van der Waals surface area contributed by atoms with Gasteiger partial charge in [-0.2, -0.15) is 5.10 Å². The molecule has 1 N–H and O–H groups in total. The Hall–Kier alpha value is -1.88. The van der Waals surface area contributed by atoms with E-state index in [1.54, 1.807) is 12.1 Å². The lowest BCUT2D eigenvalue weighted by molar-refractivity contribution is 0.0697. The third-order valence-corrected chi connectivity index (χ3v) is 2.01. The van der Waals surface area contributed by atoms with Crippen LogP contribution in [0.25, 0.3) is 5.82 Å². The summed E-state index contributed by atoms with van der Waals surface area (Å²) in [7, 11) is 0. The lowest BCUT2D eigenvalue weighted by atomic mass is 10.4. The molecule has 0 saturated carbocycles. The third-order valence-electron chi connectivity index (χ3n) is 1.77. The fraction of sp³-hybridized carbons (Fsp3) is 0. The quantitative estimate of drug-likeness (QED) is 0.840. The van der Waals surface area contributed by atoms with Crippen molar-refractivity contribution in [2.75, 3.05) is 0 Å². The van der Waals surface area contributed by atoms with Crippen molar-refractivity contribution < 1.29 is 9.90 Å². The number of halogens is 1. The molecular weight excluding hydrogens is 218 g/mol. The summed E-state index contributed by atoms with van der Waals surface area (Å²) in [5.74, 6) is -0.543. The van der Waals surface area contributed by atoms with Crippen LogP contribution in [0.5, 0.6) is 0 Å². The van der Waals surface area contributed by atoms with Crippen molar-refractivity contribution in [2.45, 2.75) is 0 Å². The zero-order valence-electron chi connectivity index (χ0n) is 7.46. The Morgan fingerprint density at radius 3 is 2.93 bits per heavy atom. The Morgan fingerprint density at radius 2 is 2.33 bits per heavy atom. The van der Waals surface area contributed by atoms with Crippen molar-refractivity contribution in [3.63, 3.8) is 0 Å². The first kappa shape index (κ1) is 9.67. The molecule has 2 aromatic rings. The fourth-order valence-corrected chi connectivity index (χ4v) is 1.23. The molecule has 0 bridgehead atoms.